The number of ether oxygens (including phenoxy) is 2. The molecule has 1 saturated heterocycles. The van der Waals surface area contributed by atoms with E-state index in [1.165, 1.54) is 0 Å². The maximum atomic E-state index is 12.7. The Bertz CT molecular complexity index is 514. The second kappa shape index (κ2) is 5.99. The summed E-state index contributed by atoms with van der Waals surface area (Å²) in [6, 6.07) is 0. The molecule has 2 N–H and O–H groups in total. The molecule has 5 rings (SSSR count). The maximum Gasteiger partial charge on any atom is 0.312 e. The Kier molecular flexibility index (Phi) is 4.07. The van der Waals surface area contributed by atoms with E-state index in [0.717, 1.165) is 51.6 Å². The fraction of sp³-hybridized carbons (Fsp3) is 0.889. The van der Waals surface area contributed by atoms with Crippen LogP contribution >= 0.6 is 0 Å². The van der Waals surface area contributed by atoms with Gasteiger partial charge in [-0.1, -0.05) is 0 Å². The van der Waals surface area contributed by atoms with Crippen molar-refractivity contribution in [3.8, 4) is 0 Å². The fourth-order valence-corrected chi connectivity index (χ4v) is 5.82. The lowest BCUT2D eigenvalue weighted by molar-refractivity contribution is -0.196. The minimum Gasteiger partial charge on any atom is -0.455 e. The lowest BCUT2D eigenvalue weighted by Crippen LogP contribution is -2.58. The quantitative estimate of drug-likeness (QED) is 0.735. The Morgan fingerprint density at radius 3 is 2.58 bits per heavy atom. The van der Waals surface area contributed by atoms with Crippen molar-refractivity contribution in [2.75, 3.05) is 19.8 Å². The third-order valence-corrected chi connectivity index (χ3v) is 6.35. The number of amides is 1. The topological polar surface area (TPSA) is 84.9 Å². The largest absolute Gasteiger partial charge is 0.455 e. The molecule has 1 heterocycles. The molecule has 6 nitrogen and oxygen atoms in total. The molecule has 5 aliphatic rings. The van der Waals surface area contributed by atoms with Gasteiger partial charge in [0, 0.05) is 13.2 Å². The second-order valence-electron chi connectivity index (χ2n) is 8.48. The normalized spacial score (nSPS) is 43.0. The summed E-state index contributed by atoms with van der Waals surface area (Å²) >= 11 is 0. The molecule has 0 radical (unpaired) electrons. The van der Waals surface area contributed by atoms with Crippen molar-refractivity contribution in [3.05, 3.63) is 0 Å². The zero-order valence-electron chi connectivity index (χ0n) is 14.1. The molecule has 0 aromatic rings. The molecule has 0 aromatic heterocycles. The summed E-state index contributed by atoms with van der Waals surface area (Å²) in [5.41, 5.74) is -1.25. The molecule has 4 bridgehead atoms. The number of carbonyl (C=O) groups excluding carboxylic acids is 2. The summed E-state index contributed by atoms with van der Waals surface area (Å²) in [4.78, 5) is 24.6. The van der Waals surface area contributed by atoms with E-state index in [9.17, 15) is 14.7 Å². The monoisotopic (exact) mass is 337 g/mol. The minimum absolute atomic E-state index is 0.0852. The van der Waals surface area contributed by atoms with E-state index in [-0.39, 0.29) is 24.6 Å². The number of rotatable bonds is 5. The molecule has 3 atom stereocenters. The first-order valence-corrected chi connectivity index (χ1v) is 9.24. The smallest absolute Gasteiger partial charge is 0.312 e. The predicted octanol–water partition coefficient (Wildman–Crippen LogP) is 1.16. The van der Waals surface area contributed by atoms with Gasteiger partial charge in [-0.25, -0.2) is 0 Å². The van der Waals surface area contributed by atoms with Crippen molar-refractivity contribution in [2.45, 2.75) is 63.1 Å². The highest BCUT2D eigenvalue weighted by Gasteiger charge is 2.60. The van der Waals surface area contributed by atoms with E-state index in [1.54, 1.807) is 0 Å². The van der Waals surface area contributed by atoms with Crippen molar-refractivity contribution in [2.24, 2.45) is 17.3 Å². The van der Waals surface area contributed by atoms with Gasteiger partial charge in [-0.15, -0.1) is 0 Å². The third-order valence-electron chi connectivity index (χ3n) is 6.35. The van der Waals surface area contributed by atoms with Crippen LogP contribution in [-0.4, -0.2) is 48.4 Å². The van der Waals surface area contributed by atoms with Gasteiger partial charge in [0.15, 0.2) is 6.61 Å². The lowest BCUT2D eigenvalue weighted by Gasteiger charge is -2.58. The van der Waals surface area contributed by atoms with Crippen LogP contribution in [0.2, 0.25) is 0 Å². The third kappa shape index (κ3) is 3.06. The highest BCUT2D eigenvalue weighted by molar-refractivity contribution is 5.83. The number of carbonyl (C=O) groups is 2. The zero-order chi connectivity index (χ0) is 16.8. The predicted molar refractivity (Wildman–Crippen MR) is 85.0 cm³/mol. The first-order chi connectivity index (χ1) is 11.5. The summed E-state index contributed by atoms with van der Waals surface area (Å²) in [6.45, 7) is 0.996. The Labute approximate surface area is 142 Å². The average molecular weight is 337 g/mol. The maximum absolute atomic E-state index is 12.7. The highest BCUT2D eigenvalue weighted by Crippen LogP contribution is 2.61. The standard InChI is InChI=1S/C18H27NO5/c20-15(19-9-14-2-1-3-23-14)10-24-16(21)17-5-12-4-13(6-17)8-18(22,7-12)11-17/h12-14,22H,1-11H2,(H,19,20)/t12-,13-,14-,17?,18?/m0/s1. The second-order valence-corrected chi connectivity index (χ2v) is 8.48. The van der Waals surface area contributed by atoms with Crippen LogP contribution in [0.4, 0.5) is 0 Å². The first-order valence-electron chi connectivity index (χ1n) is 9.24. The van der Waals surface area contributed by atoms with E-state index in [0.29, 0.717) is 24.8 Å². The van der Waals surface area contributed by atoms with Crippen LogP contribution in [-0.2, 0) is 19.1 Å². The molecular formula is C18H27NO5. The highest BCUT2D eigenvalue weighted by atomic mass is 16.5. The van der Waals surface area contributed by atoms with Gasteiger partial charge in [0.2, 0.25) is 0 Å². The van der Waals surface area contributed by atoms with Gasteiger partial charge < -0.3 is 19.9 Å². The summed E-state index contributed by atoms with van der Waals surface area (Å²) in [5.74, 6) is 0.291. The zero-order valence-corrected chi connectivity index (χ0v) is 14.1. The number of hydrogen-bond acceptors (Lipinski definition) is 5. The van der Waals surface area contributed by atoms with Crippen LogP contribution < -0.4 is 5.32 Å². The lowest BCUT2D eigenvalue weighted by atomic mass is 9.48. The molecule has 134 valence electrons. The van der Waals surface area contributed by atoms with Gasteiger partial charge in [0.25, 0.3) is 5.91 Å². The molecular weight excluding hydrogens is 310 g/mol. The summed E-state index contributed by atoms with van der Waals surface area (Å²) < 4.78 is 10.8. The molecule has 0 spiro atoms. The van der Waals surface area contributed by atoms with Gasteiger partial charge in [0.05, 0.1) is 17.1 Å². The van der Waals surface area contributed by atoms with Crippen LogP contribution in [0.25, 0.3) is 0 Å². The van der Waals surface area contributed by atoms with Crippen molar-refractivity contribution >= 4 is 11.9 Å². The fourth-order valence-electron chi connectivity index (χ4n) is 5.82. The first kappa shape index (κ1) is 16.3. The van der Waals surface area contributed by atoms with Crippen LogP contribution in [0.5, 0.6) is 0 Å². The van der Waals surface area contributed by atoms with Gasteiger partial charge in [0.1, 0.15) is 0 Å². The SMILES string of the molecule is O=C(COC(=O)C12C[C@@H]3C[C@H](CC(O)(C3)C1)C2)NC[C@@H]1CCCO1. The minimum atomic E-state index is -0.689. The van der Waals surface area contributed by atoms with Crippen LogP contribution in [0.3, 0.4) is 0 Å². The molecule has 1 aliphatic heterocycles. The van der Waals surface area contributed by atoms with E-state index >= 15 is 0 Å². The van der Waals surface area contributed by atoms with Crippen molar-refractivity contribution in [1.82, 2.24) is 5.32 Å². The van der Waals surface area contributed by atoms with E-state index in [4.69, 9.17) is 9.47 Å². The van der Waals surface area contributed by atoms with E-state index in [2.05, 4.69) is 5.32 Å². The molecule has 6 heteroatoms. The molecule has 4 saturated carbocycles. The summed E-state index contributed by atoms with van der Waals surface area (Å²) in [5, 5.41) is 13.5. The number of hydrogen-bond donors (Lipinski definition) is 2. The van der Waals surface area contributed by atoms with E-state index in [1.807, 2.05) is 0 Å². The summed E-state index contributed by atoms with van der Waals surface area (Å²) in [6.07, 6.45) is 6.96. The number of esters is 1. The van der Waals surface area contributed by atoms with Gasteiger partial charge in [-0.2, -0.15) is 0 Å². The van der Waals surface area contributed by atoms with Crippen molar-refractivity contribution in [3.63, 3.8) is 0 Å². The average Bonchev–Trinajstić information content (AvgIpc) is 3.01. The number of nitrogens with one attached hydrogen (secondary N) is 1. The summed E-state index contributed by atoms with van der Waals surface area (Å²) in [7, 11) is 0. The molecule has 5 fully saturated rings. The van der Waals surface area contributed by atoms with Gasteiger partial charge in [-0.3, -0.25) is 9.59 Å². The van der Waals surface area contributed by atoms with Crippen molar-refractivity contribution < 1.29 is 24.2 Å². The van der Waals surface area contributed by atoms with Crippen molar-refractivity contribution in [1.29, 1.82) is 0 Å². The molecule has 24 heavy (non-hydrogen) atoms. The molecule has 1 amide bonds. The van der Waals surface area contributed by atoms with E-state index < -0.39 is 11.0 Å². The molecule has 4 aliphatic carbocycles. The van der Waals surface area contributed by atoms with Gasteiger partial charge >= 0.3 is 5.97 Å². The van der Waals surface area contributed by atoms with Gasteiger partial charge in [-0.05, 0) is 63.2 Å². The Hall–Kier alpha value is -1.14. The van der Waals surface area contributed by atoms with Crippen LogP contribution in [0.15, 0.2) is 0 Å². The molecule has 0 aromatic carbocycles. The van der Waals surface area contributed by atoms with Crippen LogP contribution in [0, 0.1) is 17.3 Å². The van der Waals surface area contributed by atoms with Crippen LogP contribution in [0.1, 0.15) is 51.4 Å². The Morgan fingerprint density at radius 1 is 1.21 bits per heavy atom. The molecule has 0 unspecified atom stereocenters. The Morgan fingerprint density at radius 2 is 1.96 bits per heavy atom. The number of aliphatic hydroxyl groups is 1. The Balaban J connectivity index is 1.29.